The van der Waals surface area contributed by atoms with Gasteiger partial charge in [-0.25, -0.2) is 0 Å². The Balaban J connectivity index is 1.72. The number of carbonyl (C=O) groups is 1. The molecule has 0 unspecified atom stereocenters. The van der Waals surface area contributed by atoms with Gasteiger partial charge in [-0.2, -0.15) is 0 Å². The topological polar surface area (TPSA) is 32.3 Å². The molecule has 1 heterocycles. The monoisotopic (exact) mass is 308 g/mol. The molecule has 0 atom stereocenters. The number of benzene rings is 2. The molecular formula is C20H24N2O. The summed E-state index contributed by atoms with van der Waals surface area (Å²) >= 11 is 0. The van der Waals surface area contributed by atoms with E-state index in [1.54, 1.807) is 0 Å². The second-order valence-electron chi connectivity index (χ2n) is 6.20. The maximum atomic E-state index is 12.4. The Kier molecular flexibility index (Phi) is 4.65. The lowest BCUT2D eigenvalue weighted by Gasteiger charge is -2.19. The van der Waals surface area contributed by atoms with Crippen LogP contribution in [0, 0.1) is 6.92 Å². The number of hydrogen-bond donors (Lipinski definition) is 1. The summed E-state index contributed by atoms with van der Waals surface area (Å²) in [4.78, 5) is 14.8. The van der Waals surface area contributed by atoms with Gasteiger partial charge in [0.2, 0.25) is 0 Å². The Morgan fingerprint density at radius 1 is 1.09 bits per heavy atom. The first-order chi connectivity index (χ1) is 11.2. The normalized spacial score (nSPS) is 14.1. The van der Waals surface area contributed by atoms with Crippen molar-refractivity contribution < 1.29 is 4.79 Å². The Morgan fingerprint density at radius 3 is 2.39 bits per heavy atom. The van der Waals surface area contributed by atoms with Crippen molar-refractivity contribution in [3.8, 4) is 0 Å². The molecule has 0 radical (unpaired) electrons. The summed E-state index contributed by atoms with van der Waals surface area (Å²) in [6.07, 6.45) is 3.52. The Bertz CT molecular complexity index is 685. The number of nitrogens with one attached hydrogen (secondary N) is 1. The summed E-state index contributed by atoms with van der Waals surface area (Å²) in [5.74, 6) is -0.0512. The fourth-order valence-corrected chi connectivity index (χ4v) is 3.05. The third kappa shape index (κ3) is 3.55. The number of nitrogens with zero attached hydrogens (tertiary/aromatic N) is 1. The van der Waals surface area contributed by atoms with Crippen LogP contribution in [0.1, 0.15) is 41.3 Å². The van der Waals surface area contributed by atoms with Gasteiger partial charge < -0.3 is 10.2 Å². The number of anilines is 2. The molecule has 1 aliphatic heterocycles. The van der Waals surface area contributed by atoms with E-state index in [4.69, 9.17) is 0 Å². The van der Waals surface area contributed by atoms with Gasteiger partial charge in [0.25, 0.3) is 5.91 Å². The summed E-state index contributed by atoms with van der Waals surface area (Å²) in [5, 5.41) is 3.02. The van der Waals surface area contributed by atoms with E-state index in [9.17, 15) is 4.79 Å². The van der Waals surface area contributed by atoms with Crippen molar-refractivity contribution in [3.05, 3.63) is 59.2 Å². The van der Waals surface area contributed by atoms with Gasteiger partial charge in [-0.15, -0.1) is 0 Å². The zero-order chi connectivity index (χ0) is 16.2. The van der Waals surface area contributed by atoms with E-state index in [0.29, 0.717) is 5.56 Å². The molecule has 3 nitrogen and oxygen atoms in total. The first kappa shape index (κ1) is 15.6. The molecular weight excluding hydrogens is 284 g/mol. The molecule has 2 aromatic rings. The quantitative estimate of drug-likeness (QED) is 0.907. The molecule has 23 heavy (non-hydrogen) atoms. The average Bonchev–Trinajstić information content (AvgIpc) is 3.11. The molecule has 1 aliphatic rings. The fraction of sp³-hybridized carbons (Fsp3) is 0.350. The highest BCUT2D eigenvalue weighted by Crippen LogP contribution is 2.25. The van der Waals surface area contributed by atoms with Gasteiger partial charge >= 0.3 is 0 Å². The van der Waals surface area contributed by atoms with Crippen molar-refractivity contribution in [1.82, 2.24) is 0 Å². The highest BCUT2D eigenvalue weighted by molar-refractivity contribution is 6.04. The van der Waals surface area contributed by atoms with Crippen LogP contribution >= 0.6 is 0 Å². The predicted octanol–water partition coefficient (Wildman–Crippen LogP) is 4.41. The van der Waals surface area contributed by atoms with E-state index < -0.39 is 0 Å². The minimum Gasteiger partial charge on any atom is -0.372 e. The Morgan fingerprint density at radius 2 is 1.78 bits per heavy atom. The molecule has 0 aromatic heterocycles. The number of amides is 1. The van der Waals surface area contributed by atoms with Gasteiger partial charge in [0.05, 0.1) is 0 Å². The highest BCUT2D eigenvalue weighted by Gasteiger charge is 2.14. The van der Waals surface area contributed by atoms with Crippen LogP contribution in [0.2, 0.25) is 0 Å². The van der Waals surface area contributed by atoms with Crippen LogP contribution in [-0.4, -0.2) is 19.0 Å². The summed E-state index contributed by atoms with van der Waals surface area (Å²) in [6, 6.07) is 14.1. The number of aryl methyl sites for hydroxylation is 2. The second-order valence-corrected chi connectivity index (χ2v) is 6.20. The minimum absolute atomic E-state index is 0.0512. The van der Waals surface area contributed by atoms with Crippen molar-refractivity contribution in [2.75, 3.05) is 23.3 Å². The molecule has 0 saturated carbocycles. The minimum atomic E-state index is -0.0512. The molecule has 2 aromatic carbocycles. The molecule has 3 rings (SSSR count). The van der Waals surface area contributed by atoms with Crippen molar-refractivity contribution in [1.29, 1.82) is 0 Å². The van der Waals surface area contributed by atoms with E-state index >= 15 is 0 Å². The SMILES string of the molecule is CCc1ccc(C(=O)Nc2ccc(N3CCCC3)cc2C)cc1. The van der Waals surface area contributed by atoms with Crippen molar-refractivity contribution in [3.63, 3.8) is 0 Å². The first-order valence-corrected chi connectivity index (χ1v) is 8.43. The van der Waals surface area contributed by atoms with Gasteiger partial charge in [0.1, 0.15) is 0 Å². The van der Waals surface area contributed by atoms with Gasteiger partial charge in [-0.05, 0) is 67.6 Å². The number of rotatable bonds is 4. The van der Waals surface area contributed by atoms with Crippen LogP contribution in [-0.2, 0) is 6.42 Å². The third-order valence-corrected chi connectivity index (χ3v) is 4.55. The van der Waals surface area contributed by atoms with E-state index in [0.717, 1.165) is 30.8 Å². The molecule has 0 spiro atoms. The zero-order valence-corrected chi connectivity index (χ0v) is 13.9. The zero-order valence-electron chi connectivity index (χ0n) is 13.9. The second kappa shape index (κ2) is 6.86. The molecule has 1 amide bonds. The Labute approximate surface area is 138 Å². The van der Waals surface area contributed by atoms with Gasteiger partial charge in [-0.1, -0.05) is 19.1 Å². The fourth-order valence-electron chi connectivity index (χ4n) is 3.05. The van der Waals surface area contributed by atoms with Crippen LogP contribution in [0.5, 0.6) is 0 Å². The maximum Gasteiger partial charge on any atom is 0.255 e. The summed E-state index contributed by atoms with van der Waals surface area (Å²) in [6.45, 7) is 6.43. The standard InChI is InChI=1S/C20H24N2O/c1-3-16-6-8-17(9-7-16)20(23)21-19-11-10-18(14-15(19)2)22-12-4-5-13-22/h6-11,14H,3-5,12-13H2,1-2H3,(H,21,23). The third-order valence-electron chi connectivity index (χ3n) is 4.55. The van der Waals surface area contributed by atoms with Crippen molar-refractivity contribution in [2.45, 2.75) is 33.1 Å². The molecule has 1 saturated heterocycles. The molecule has 120 valence electrons. The van der Waals surface area contributed by atoms with Gasteiger partial charge in [-0.3, -0.25) is 4.79 Å². The molecule has 1 fully saturated rings. The van der Waals surface area contributed by atoms with E-state index in [-0.39, 0.29) is 5.91 Å². The van der Waals surface area contributed by atoms with E-state index in [1.165, 1.54) is 24.1 Å². The predicted molar refractivity (Wildman–Crippen MR) is 96.4 cm³/mol. The summed E-state index contributed by atoms with van der Waals surface area (Å²) in [7, 11) is 0. The number of hydrogen-bond acceptors (Lipinski definition) is 2. The highest BCUT2D eigenvalue weighted by atomic mass is 16.1. The first-order valence-electron chi connectivity index (χ1n) is 8.43. The van der Waals surface area contributed by atoms with Gasteiger partial charge in [0.15, 0.2) is 0 Å². The van der Waals surface area contributed by atoms with Crippen molar-refractivity contribution in [2.24, 2.45) is 0 Å². The molecule has 3 heteroatoms. The van der Waals surface area contributed by atoms with Crippen LogP contribution in [0.15, 0.2) is 42.5 Å². The molecule has 0 bridgehead atoms. The lowest BCUT2D eigenvalue weighted by atomic mass is 10.1. The van der Waals surface area contributed by atoms with Crippen LogP contribution in [0.3, 0.4) is 0 Å². The summed E-state index contributed by atoms with van der Waals surface area (Å²) < 4.78 is 0. The lowest BCUT2D eigenvalue weighted by molar-refractivity contribution is 0.102. The summed E-state index contributed by atoms with van der Waals surface area (Å²) in [5.41, 5.74) is 5.19. The average molecular weight is 308 g/mol. The Hall–Kier alpha value is -2.29. The van der Waals surface area contributed by atoms with Crippen molar-refractivity contribution >= 4 is 17.3 Å². The molecule has 1 N–H and O–H groups in total. The van der Waals surface area contributed by atoms with Crippen LogP contribution in [0.4, 0.5) is 11.4 Å². The molecule has 0 aliphatic carbocycles. The largest absolute Gasteiger partial charge is 0.372 e. The van der Waals surface area contributed by atoms with E-state index in [1.807, 2.05) is 30.3 Å². The van der Waals surface area contributed by atoms with Crippen LogP contribution in [0.25, 0.3) is 0 Å². The maximum absolute atomic E-state index is 12.4. The smallest absolute Gasteiger partial charge is 0.255 e. The lowest BCUT2D eigenvalue weighted by Crippen LogP contribution is -2.18. The van der Waals surface area contributed by atoms with Crippen LogP contribution < -0.4 is 10.2 Å². The number of carbonyl (C=O) groups excluding carboxylic acids is 1. The van der Waals surface area contributed by atoms with E-state index in [2.05, 4.69) is 36.2 Å². The van der Waals surface area contributed by atoms with Gasteiger partial charge in [0, 0.05) is 30.0 Å².